The van der Waals surface area contributed by atoms with Crippen molar-refractivity contribution >= 4 is 39.1 Å². The van der Waals surface area contributed by atoms with E-state index in [1.165, 1.54) is 23.3 Å². The number of amides is 1. The Labute approximate surface area is 201 Å². The van der Waals surface area contributed by atoms with Gasteiger partial charge in [0.1, 0.15) is 0 Å². The molecule has 0 aliphatic rings. The molecule has 174 valence electrons. The Morgan fingerprint density at radius 3 is 2.48 bits per heavy atom. The highest BCUT2D eigenvalue weighted by molar-refractivity contribution is 7.99. The highest BCUT2D eigenvalue weighted by Gasteiger charge is 2.43. The normalized spacial score (nSPS) is 14.3. The van der Waals surface area contributed by atoms with Crippen LogP contribution >= 0.6 is 23.4 Å². The van der Waals surface area contributed by atoms with E-state index < -0.39 is 32.3 Å². The number of halogens is 1. The fourth-order valence-corrected chi connectivity index (χ4v) is 6.61. The Morgan fingerprint density at radius 2 is 1.85 bits per heavy atom. The Kier molecular flexibility index (Phi) is 8.14. The first kappa shape index (κ1) is 25.2. The molecule has 2 aromatic carbocycles. The van der Waals surface area contributed by atoms with E-state index >= 15 is 0 Å². The van der Waals surface area contributed by atoms with Crippen molar-refractivity contribution in [2.45, 2.75) is 34.1 Å². The van der Waals surface area contributed by atoms with Gasteiger partial charge in [-0.25, -0.2) is 18.9 Å². The Balaban J connectivity index is 1.95. The highest BCUT2D eigenvalue weighted by Crippen LogP contribution is 2.34. The van der Waals surface area contributed by atoms with E-state index in [0.29, 0.717) is 16.2 Å². The van der Waals surface area contributed by atoms with Crippen molar-refractivity contribution in [2.24, 2.45) is 0 Å². The Morgan fingerprint density at radius 1 is 1.15 bits per heavy atom. The predicted molar refractivity (Wildman–Crippen MR) is 128 cm³/mol. The quantitative estimate of drug-likeness (QED) is 0.228. The lowest BCUT2D eigenvalue weighted by Gasteiger charge is -2.28. The zero-order chi connectivity index (χ0) is 24.1. The van der Waals surface area contributed by atoms with E-state index in [-0.39, 0.29) is 16.3 Å². The third-order valence-electron chi connectivity index (χ3n) is 4.90. The molecule has 3 rings (SSSR count). The maximum atomic E-state index is 13.5. The second-order valence-electron chi connectivity index (χ2n) is 7.54. The van der Waals surface area contributed by atoms with Crippen LogP contribution in [0.2, 0.25) is 5.02 Å². The molecular weight excluding hydrogens is 484 g/mol. The van der Waals surface area contributed by atoms with E-state index in [0.717, 1.165) is 0 Å². The smallest absolute Gasteiger partial charge is 0.276 e. The lowest BCUT2D eigenvalue weighted by Crippen LogP contribution is -2.52. The molecule has 7 nitrogen and oxygen atoms in total. The van der Waals surface area contributed by atoms with Crippen LogP contribution in [-0.4, -0.2) is 46.2 Å². The predicted octanol–water partition coefficient (Wildman–Crippen LogP) is 3.98. The van der Waals surface area contributed by atoms with Crippen LogP contribution in [0.15, 0.2) is 82.8 Å². The summed E-state index contributed by atoms with van der Waals surface area (Å²) in [5.41, 5.74) is 0.0365. The van der Waals surface area contributed by atoms with Crippen molar-refractivity contribution in [3.8, 4) is 11.1 Å². The fraction of sp³-hybridized carbons (Fsp3) is 0.217. The zero-order valence-electron chi connectivity index (χ0n) is 17.7. The number of hydrogen-bond donors (Lipinski definition) is 3. The van der Waals surface area contributed by atoms with Crippen LogP contribution in [0.4, 0.5) is 0 Å². The number of aromatic nitrogens is 1. The van der Waals surface area contributed by atoms with Crippen LogP contribution < -0.4 is 5.48 Å². The first-order chi connectivity index (χ1) is 15.6. The summed E-state index contributed by atoms with van der Waals surface area (Å²) in [5.74, 6) is -2.15. The molecule has 0 bridgehead atoms. The van der Waals surface area contributed by atoms with Gasteiger partial charge in [-0.15, -0.1) is 11.8 Å². The minimum Gasteiger partial charge on any atom is -0.379 e. The standard InChI is InChI=1S/C23H23ClN2O5S2/c1-16(32-21-9-5-6-12-25-21)14-23(28,22(27)26-29)15-33(30,31)20-13-18(24)10-11-19(20)17-7-3-2-4-8-17/h2-13,16,28-29H,14-15H2,1H3,(H,26,27). The summed E-state index contributed by atoms with van der Waals surface area (Å²) < 4.78 is 26.9. The van der Waals surface area contributed by atoms with Gasteiger partial charge in [0.15, 0.2) is 15.4 Å². The molecule has 0 saturated carbocycles. The van der Waals surface area contributed by atoms with Crippen LogP contribution in [-0.2, 0) is 14.6 Å². The largest absolute Gasteiger partial charge is 0.379 e. The minimum absolute atomic E-state index is 0.115. The molecule has 0 radical (unpaired) electrons. The van der Waals surface area contributed by atoms with Gasteiger partial charge in [-0.3, -0.25) is 10.0 Å². The van der Waals surface area contributed by atoms with Crippen LogP contribution in [0.25, 0.3) is 11.1 Å². The molecular formula is C23H23ClN2O5S2. The van der Waals surface area contributed by atoms with Crippen LogP contribution in [0, 0.1) is 0 Å². The molecule has 2 unspecified atom stereocenters. The van der Waals surface area contributed by atoms with Gasteiger partial charge in [0.25, 0.3) is 5.91 Å². The second-order valence-corrected chi connectivity index (χ2v) is 11.4. The van der Waals surface area contributed by atoms with Crippen molar-refractivity contribution < 1.29 is 23.5 Å². The number of carbonyl (C=O) groups is 1. The molecule has 1 amide bonds. The summed E-state index contributed by atoms with van der Waals surface area (Å²) in [4.78, 5) is 16.5. The summed E-state index contributed by atoms with van der Waals surface area (Å²) in [7, 11) is -4.22. The average Bonchev–Trinajstić information content (AvgIpc) is 2.79. The third kappa shape index (κ3) is 6.33. The first-order valence-electron chi connectivity index (χ1n) is 9.97. The molecule has 2 atom stereocenters. The topological polar surface area (TPSA) is 117 Å². The lowest BCUT2D eigenvalue weighted by molar-refractivity contribution is -0.147. The monoisotopic (exact) mass is 506 g/mol. The van der Waals surface area contributed by atoms with Gasteiger partial charge in [0.2, 0.25) is 0 Å². The number of benzene rings is 2. The number of thioether (sulfide) groups is 1. The Hall–Kier alpha value is -2.43. The third-order valence-corrected chi connectivity index (χ3v) is 8.05. The van der Waals surface area contributed by atoms with Gasteiger partial charge in [-0.2, -0.15) is 0 Å². The van der Waals surface area contributed by atoms with E-state index in [1.807, 2.05) is 0 Å². The molecule has 0 spiro atoms. The number of carbonyl (C=O) groups excluding carboxylic acids is 1. The van der Waals surface area contributed by atoms with Crippen LogP contribution in [0.5, 0.6) is 0 Å². The van der Waals surface area contributed by atoms with Gasteiger partial charge in [0.05, 0.1) is 15.7 Å². The highest BCUT2D eigenvalue weighted by atomic mass is 35.5. The van der Waals surface area contributed by atoms with E-state index in [2.05, 4.69) is 4.98 Å². The molecule has 0 aliphatic heterocycles. The maximum Gasteiger partial charge on any atom is 0.276 e. The van der Waals surface area contributed by atoms with Crippen molar-refractivity contribution in [2.75, 3.05) is 5.75 Å². The Bertz CT molecular complexity index is 1210. The van der Waals surface area contributed by atoms with Crippen molar-refractivity contribution in [1.82, 2.24) is 10.5 Å². The van der Waals surface area contributed by atoms with Gasteiger partial charge < -0.3 is 5.11 Å². The second kappa shape index (κ2) is 10.7. The molecule has 0 fully saturated rings. The van der Waals surface area contributed by atoms with Crippen molar-refractivity contribution in [3.05, 3.63) is 77.9 Å². The molecule has 10 heteroatoms. The van der Waals surface area contributed by atoms with Gasteiger partial charge >= 0.3 is 0 Å². The van der Waals surface area contributed by atoms with E-state index in [4.69, 9.17) is 11.6 Å². The van der Waals surface area contributed by atoms with Gasteiger partial charge in [0, 0.05) is 22.0 Å². The number of aliphatic hydroxyl groups is 1. The number of nitrogens with one attached hydrogen (secondary N) is 1. The number of nitrogens with zero attached hydrogens (tertiary/aromatic N) is 1. The number of rotatable bonds is 9. The van der Waals surface area contributed by atoms with Crippen LogP contribution in [0.3, 0.4) is 0 Å². The van der Waals surface area contributed by atoms with Crippen molar-refractivity contribution in [1.29, 1.82) is 0 Å². The van der Waals surface area contributed by atoms with Crippen molar-refractivity contribution in [3.63, 3.8) is 0 Å². The number of pyridine rings is 1. The minimum atomic E-state index is -4.22. The molecule has 3 N–H and O–H groups in total. The summed E-state index contributed by atoms with van der Waals surface area (Å²) in [5, 5.41) is 20.8. The number of sulfone groups is 1. The SMILES string of the molecule is CC(CC(O)(CS(=O)(=O)c1cc(Cl)ccc1-c1ccccc1)C(=O)NO)Sc1ccccn1. The average molecular weight is 507 g/mol. The first-order valence-corrected chi connectivity index (χ1v) is 12.9. The molecule has 0 saturated heterocycles. The maximum absolute atomic E-state index is 13.5. The molecule has 3 aromatic rings. The summed E-state index contributed by atoms with van der Waals surface area (Å²) in [6.07, 6.45) is 1.36. The fourth-order valence-electron chi connectivity index (χ4n) is 3.46. The molecule has 0 aliphatic carbocycles. The van der Waals surface area contributed by atoms with E-state index in [1.54, 1.807) is 73.8 Å². The van der Waals surface area contributed by atoms with Gasteiger partial charge in [-0.05, 0) is 36.2 Å². The lowest BCUT2D eigenvalue weighted by atomic mass is 9.99. The van der Waals surface area contributed by atoms with E-state index in [9.17, 15) is 23.5 Å². The molecule has 1 heterocycles. The zero-order valence-corrected chi connectivity index (χ0v) is 20.1. The summed E-state index contributed by atoms with van der Waals surface area (Å²) in [6.45, 7) is 1.73. The molecule has 33 heavy (non-hydrogen) atoms. The number of hydrogen-bond acceptors (Lipinski definition) is 7. The van der Waals surface area contributed by atoms with Crippen LogP contribution in [0.1, 0.15) is 13.3 Å². The number of hydroxylamine groups is 1. The van der Waals surface area contributed by atoms with Gasteiger partial charge in [-0.1, -0.05) is 61.0 Å². The molecule has 1 aromatic heterocycles. The summed E-state index contributed by atoms with van der Waals surface area (Å²) in [6, 6.07) is 18.6. The summed E-state index contributed by atoms with van der Waals surface area (Å²) >= 11 is 7.36.